The number of benzene rings is 1. The summed E-state index contributed by atoms with van der Waals surface area (Å²) in [5.74, 6) is 0.252. The molecule has 16 heavy (non-hydrogen) atoms. The molecule has 0 spiro atoms. The fourth-order valence-corrected chi connectivity index (χ4v) is 2.08. The van der Waals surface area contributed by atoms with Crippen LogP contribution < -0.4 is 4.74 Å². The zero-order valence-electron chi connectivity index (χ0n) is 9.60. The van der Waals surface area contributed by atoms with Crippen LogP contribution in [0.5, 0.6) is 5.75 Å². The van der Waals surface area contributed by atoms with Gasteiger partial charge < -0.3 is 4.74 Å². The third-order valence-electron chi connectivity index (χ3n) is 2.65. The summed E-state index contributed by atoms with van der Waals surface area (Å²) in [6, 6.07) is 2.98. The molecule has 0 aromatic heterocycles. The van der Waals surface area contributed by atoms with E-state index in [4.69, 9.17) is 16.3 Å². The van der Waals surface area contributed by atoms with Crippen LogP contribution in [0, 0.1) is 11.2 Å². The average molecular weight is 241 g/mol. The molecule has 0 bridgehead atoms. The van der Waals surface area contributed by atoms with E-state index in [2.05, 4.69) is 19.9 Å². The number of hydrogen-bond acceptors (Lipinski definition) is 1. The third-order valence-corrected chi connectivity index (χ3v) is 2.94. The van der Waals surface area contributed by atoms with Gasteiger partial charge in [0, 0.05) is 17.0 Å². The molecule has 0 saturated heterocycles. The van der Waals surface area contributed by atoms with Gasteiger partial charge in [-0.25, -0.2) is 4.39 Å². The van der Waals surface area contributed by atoms with E-state index in [1.165, 1.54) is 6.07 Å². The second kappa shape index (κ2) is 3.77. The largest absolute Gasteiger partial charge is 0.492 e. The maximum Gasteiger partial charge on any atom is 0.142 e. The highest BCUT2D eigenvalue weighted by Crippen LogP contribution is 2.37. The van der Waals surface area contributed by atoms with Crippen LogP contribution in [-0.2, 0) is 0 Å². The Balaban J connectivity index is 2.57. The molecule has 1 aliphatic heterocycles. The smallest absolute Gasteiger partial charge is 0.142 e. The molecule has 1 heterocycles. The van der Waals surface area contributed by atoms with E-state index in [0.29, 0.717) is 12.4 Å². The summed E-state index contributed by atoms with van der Waals surface area (Å²) in [5, 5.41) is 0.103. The molecule has 0 radical (unpaired) electrons. The van der Waals surface area contributed by atoms with Gasteiger partial charge in [0.05, 0.1) is 11.6 Å². The van der Waals surface area contributed by atoms with Gasteiger partial charge in [-0.3, -0.25) is 0 Å². The molecule has 0 saturated carbocycles. The first-order valence-corrected chi connectivity index (χ1v) is 5.58. The van der Waals surface area contributed by atoms with Crippen LogP contribution in [0.25, 0.3) is 5.57 Å². The molecule has 0 amide bonds. The van der Waals surface area contributed by atoms with Crippen molar-refractivity contribution in [2.45, 2.75) is 20.8 Å². The Labute approximate surface area is 99.9 Å². The first kappa shape index (κ1) is 11.5. The fourth-order valence-electron chi connectivity index (χ4n) is 1.93. The molecule has 3 heteroatoms. The molecule has 1 aromatic rings. The molecular weight excluding hydrogens is 227 g/mol. The zero-order valence-corrected chi connectivity index (χ0v) is 10.4. The molecule has 0 unspecified atom stereocenters. The molecule has 2 rings (SSSR count). The van der Waals surface area contributed by atoms with Crippen molar-refractivity contribution in [3.8, 4) is 5.75 Å². The Hall–Kier alpha value is -1.02. The first-order chi connectivity index (χ1) is 7.39. The predicted molar refractivity (Wildman–Crippen MR) is 64.3 cm³/mol. The molecule has 86 valence electrons. The van der Waals surface area contributed by atoms with Gasteiger partial charge in [0.1, 0.15) is 11.6 Å². The van der Waals surface area contributed by atoms with Crippen LogP contribution in [0.1, 0.15) is 26.3 Å². The first-order valence-electron chi connectivity index (χ1n) is 5.21. The minimum Gasteiger partial charge on any atom is -0.492 e. The third kappa shape index (κ3) is 2.07. The second-order valence-electron chi connectivity index (χ2n) is 4.87. The molecule has 0 fully saturated rings. The Morgan fingerprint density at radius 3 is 2.75 bits per heavy atom. The van der Waals surface area contributed by atoms with E-state index >= 15 is 0 Å². The topological polar surface area (TPSA) is 9.23 Å². The predicted octanol–water partition coefficient (Wildman–Crippen LogP) is 4.30. The number of ether oxygens (including phenoxy) is 1. The van der Waals surface area contributed by atoms with Crippen molar-refractivity contribution in [1.29, 1.82) is 0 Å². The van der Waals surface area contributed by atoms with Crippen LogP contribution >= 0.6 is 11.6 Å². The van der Waals surface area contributed by atoms with Crippen LogP contribution in [0.4, 0.5) is 4.39 Å². The molecular formula is C13H14ClFO. The number of halogens is 2. The van der Waals surface area contributed by atoms with Crippen molar-refractivity contribution in [3.63, 3.8) is 0 Å². The molecule has 0 aliphatic carbocycles. The number of rotatable bonds is 0. The van der Waals surface area contributed by atoms with E-state index in [1.807, 2.05) is 6.92 Å². The molecule has 1 aliphatic rings. The van der Waals surface area contributed by atoms with Gasteiger partial charge in [-0.1, -0.05) is 31.5 Å². The number of fused-ring (bicyclic) bond motifs is 1. The SMILES string of the molecule is CC1=CC(C)(C)COc2cc(Cl)c(F)cc21. The Bertz CT molecular complexity index is 463. The van der Waals surface area contributed by atoms with E-state index in [0.717, 1.165) is 11.1 Å². The van der Waals surface area contributed by atoms with Crippen molar-refractivity contribution in [2.24, 2.45) is 5.41 Å². The summed E-state index contributed by atoms with van der Waals surface area (Å²) in [7, 11) is 0. The van der Waals surface area contributed by atoms with Crippen molar-refractivity contribution >= 4 is 17.2 Å². The Kier molecular flexibility index (Phi) is 2.70. The van der Waals surface area contributed by atoms with E-state index in [9.17, 15) is 4.39 Å². The lowest BCUT2D eigenvalue weighted by Crippen LogP contribution is -2.17. The number of allylic oxidation sites excluding steroid dienone is 1. The normalized spacial score (nSPS) is 18.2. The summed E-state index contributed by atoms with van der Waals surface area (Å²) in [6.07, 6.45) is 2.10. The molecule has 1 aromatic carbocycles. The van der Waals surface area contributed by atoms with E-state index in [-0.39, 0.29) is 10.4 Å². The van der Waals surface area contributed by atoms with Crippen LogP contribution in [0.2, 0.25) is 5.02 Å². The van der Waals surface area contributed by atoms with Gasteiger partial charge in [-0.05, 0) is 18.6 Å². The van der Waals surface area contributed by atoms with Gasteiger partial charge in [-0.15, -0.1) is 0 Å². The highest BCUT2D eigenvalue weighted by molar-refractivity contribution is 6.31. The van der Waals surface area contributed by atoms with E-state index < -0.39 is 5.82 Å². The minimum atomic E-state index is -0.406. The molecule has 0 atom stereocenters. The maximum atomic E-state index is 13.4. The quantitative estimate of drug-likeness (QED) is 0.657. The lowest BCUT2D eigenvalue weighted by atomic mass is 9.91. The van der Waals surface area contributed by atoms with E-state index in [1.54, 1.807) is 6.07 Å². The standard InChI is InChI=1S/C13H14ClFO/c1-8-6-13(2,3)7-16-12-5-10(14)11(15)4-9(8)12/h4-6H,7H2,1-3H3. The van der Waals surface area contributed by atoms with Crippen molar-refractivity contribution < 1.29 is 9.13 Å². The Morgan fingerprint density at radius 2 is 2.06 bits per heavy atom. The van der Waals surface area contributed by atoms with Gasteiger partial charge in [0.25, 0.3) is 0 Å². The van der Waals surface area contributed by atoms with Crippen LogP contribution in [0.3, 0.4) is 0 Å². The monoisotopic (exact) mass is 240 g/mol. The highest BCUT2D eigenvalue weighted by atomic mass is 35.5. The van der Waals surface area contributed by atoms with Gasteiger partial charge in [0.15, 0.2) is 0 Å². The summed E-state index contributed by atoms with van der Waals surface area (Å²) in [4.78, 5) is 0. The van der Waals surface area contributed by atoms with Crippen molar-refractivity contribution in [3.05, 3.63) is 34.6 Å². The summed E-state index contributed by atoms with van der Waals surface area (Å²) in [5.41, 5.74) is 1.76. The summed E-state index contributed by atoms with van der Waals surface area (Å²) in [6.45, 7) is 6.70. The number of hydrogen-bond donors (Lipinski definition) is 0. The second-order valence-corrected chi connectivity index (χ2v) is 5.27. The fraction of sp³-hybridized carbons (Fsp3) is 0.385. The van der Waals surface area contributed by atoms with Crippen molar-refractivity contribution in [1.82, 2.24) is 0 Å². The van der Waals surface area contributed by atoms with Crippen LogP contribution in [-0.4, -0.2) is 6.61 Å². The van der Waals surface area contributed by atoms with Crippen molar-refractivity contribution in [2.75, 3.05) is 6.61 Å². The minimum absolute atomic E-state index is 0.0495. The highest BCUT2D eigenvalue weighted by Gasteiger charge is 2.23. The van der Waals surface area contributed by atoms with Crippen LogP contribution in [0.15, 0.2) is 18.2 Å². The van der Waals surface area contributed by atoms with Gasteiger partial charge in [0.2, 0.25) is 0 Å². The summed E-state index contributed by atoms with van der Waals surface area (Å²) < 4.78 is 19.1. The maximum absolute atomic E-state index is 13.4. The summed E-state index contributed by atoms with van der Waals surface area (Å²) >= 11 is 5.74. The van der Waals surface area contributed by atoms with Gasteiger partial charge in [-0.2, -0.15) is 0 Å². The lowest BCUT2D eigenvalue weighted by Gasteiger charge is -2.18. The van der Waals surface area contributed by atoms with Gasteiger partial charge >= 0.3 is 0 Å². The molecule has 1 nitrogen and oxygen atoms in total. The average Bonchev–Trinajstić information content (AvgIpc) is 2.27. The zero-order chi connectivity index (χ0) is 11.9. The molecule has 0 N–H and O–H groups in total. The lowest BCUT2D eigenvalue weighted by molar-refractivity contribution is 0.224. The Morgan fingerprint density at radius 1 is 1.38 bits per heavy atom.